The van der Waals surface area contributed by atoms with Crippen molar-refractivity contribution in [2.75, 3.05) is 7.04 Å². The number of allylic oxidation sites excluding steroid dienone is 1. The Morgan fingerprint density at radius 1 is 1.26 bits per heavy atom. The molecule has 3 heterocycles. The third kappa shape index (κ3) is 3.93. The van der Waals surface area contributed by atoms with Crippen LogP contribution in [-0.2, 0) is 13.0 Å². The molecule has 5 rings (SSSR count). The van der Waals surface area contributed by atoms with Crippen LogP contribution in [0.4, 0.5) is 4.39 Å². The predicted molar refractivity (Wildman–Crippen MR) is 133 cm³/mol. The summed E-state index contributed by atoms with van der Waals surface area (Å²) in [5.41, 5.74) is 6.90. The highest BCUT2D eigenvalue weighted by Crippen LogP contribution is 2.39. The number of benzene rings is 2. The highest BCUT2D eigenvalue weighted by molar-refractivity contribution is 5.88. The highest BCUT2D eigenvalue weighted by atomic mass is 19.1. The van der Waals surface area contributed by atoms with Gasteiger partial charge in [-0.15, -0.1) is 0 Å². The first kappa shape index (κ1) is 19.2. The number of fused-ring (bicyclic) bond motifs is 3. The van der Waals surface area contributed by atoms with E-state index in [1.54, 1.807) is 25.1 Å². The number of rotatable bonds is 4. The first-order chi connectivity index (χ1) is 18.1. The fourth-order valence-corrected chi connectivity index (χ4v) is 4.72. The van der Waals surface area contributed by atoms with E-state index in [0.717, 1.165) is 33.7 Å². The largest absolute Gasteiger partial charge is 0.493 e. The summed E-state index contributed by atoms with van der Waals surface area (Å²) in [5.74, 6) is 0.285. The van der Waals surface area contributed by atoms with E-state index in [1.807, 2.05) is 42.6 Å². The van der Waals surface area contributed by atoms with E-state index >= 15 is 0 Å². The third-order valence-electron chi connectivity index (χ3n) is 6.35. The summed E-state index contributed by atoms with van der Waals surface area (Å²) in [4.78, 5) is 4.76. The number of nitriles is 1. The monoisotopic (exact) mass is 470 g/mol. The van der Waals surface area contributed by atoms with E-state index in [9.17, 15) is 9.65 Å². The number of halogens is 1. The maximum atomic E-state index is 14.0. The van der Waals surface area contributed by atoms with E-state index in [0.29, 0.717) is 29.0 Å². The molecule has 0 spiro atoms. The molecule has 0 unspecified atom stereocenters. The molecule has 2 aromatic heterocycles. The quantitative estimate of drug-likeness (QED) is 0.322. The molecule has 0 amide bonds. The minimum absolute atomic E-state index is 0.0897. The molecule has 5 nitrogen and oxygen atoms in total. The highest BCUT2D eigenvalue weighted by Gasteiger charge is 2.23. The maximum Gasteiger partial charge on any atom is 0.180 e. The van der Waals surface area contributed by atoms with Gasteiger partial charge in [0.25, 0.3) is 0 Å². The molecular weight excluding hydrogens is 441 g/mol. The van der Waals surface area contributed by atoms with Crippen LogP contribution in [0.2, 0.25) is 0 Å². The van der Waals surface area contributed by atoms with Gasteiger partial charge in [-0.2, -0.15) is 5.26 Å². The second-order valence-corrected chi connectivity index (χ2v) is 8.98. The van der Waals surface area contributed by atoms with Crippen LogP contribution in [0, 0.1) is 17.1 Å². The molecular formula is C29H26FN3O2. The molecule has 1 aliphatic rings. The van der Waals surface area contributed by atoms with Gasteiger partial charge in [-0.3, -0.25) is 0 Å². The predicted octanol–water partition coefficient (Wildman–Crippen LogP) is 6.43. The molecule has 0 aliphatic carbocycles. The zero-order valence-corrected chi connectivity index (χ0v) is 19.7. The van der Waals surface area contributed by atoms with Crippen molar-refractivity contribution in [1.29, 1.82) is 5.26 Å². The van der Waals surface area contributed by atoms with Gasteiger partial charge in [0.2, 0.25) is 0 Å². The Morgan fingerprint density at radius 3 is 2.86 bits per heavy atom. The Hall–Kier alpha value is -4.11. The molecule has 0 fully saturated rings. The van der Waals surface area contributed by atoms with Crippen LogP contribution in [0.3, 0.4) is 0 Å². The van der Waals surface area contributed by atoms with Crippen molar-refractivity contribution >= 4 is 11.2 Å². The van der Waals surface area contributed by atoms with Gasteiger partial charge in [0.05, 0.1) is 28.6 Å². The molecule has 6 heteroatoms. The number of imidazole rings is 1. The van der Waals surface area contributed by atoms with Gasteiger partial charge in [0.15, 0.2) is 11.4 Å². The molecule has 0 saturated heterocycles. The van der Waals surface area contributed by atoms with Crippen molar-refractivity contribution in [3.8, 4) is 17.6 Å². The lowest BCUT2D eigenvalue weighted by Crippen LogP contribution is -2.03. The van der Waals surface area contributed by atoms with Gasteiger partial charge in [-0.1, -0.05) is 32.0 Å². The fourth-order valence-electron chi connectivity index (χ4n) is 4.72. The Kier molecular flexibility index (Phi) is 4.90. The summed E-state index contributed by atoms with van der Waals surface area (Å²) >= 11 is 0. The normalized spacial score (nSPS) is 15.7. The van der Waals surface area contributed by atoms with E-state index < -0.39 is 12.9 Å². The maximum absolute atomic E-state index is 14.0. The van der Waals surface area contributed by atoms with Gasteiger partial charge >= 0.3 is 0 Å². The lowest BCUT2D eigenvalue weighted by atomic mass is 9.89. The molecule has 1 aliphatic heterocycles. The van der Waals surface area contributed by atoms with Gasteiger partial charge < -0.3 is 13.9 Å². The first-order valence-electron chi connectivity index (χ1n) is 12.9. The Bertz CT molecular complexity index is 1630. The van der Waals surface area contributed by atoms with Gasteiger partial charge in [-0.25, -0.2) is 9.37 Å². The van der Waals surface area contributed by atoms with Crippen LogP contribution in [0.15, 0.2) is 60.3 Å². The minimum atomic E-state index is -2.59. The standard InChI is InChI=1S/C29H26FN3O2/c1-17(2)28-24(33-11-5-6-25(34-4)29(33)32-28)13-19-7-9-22-20(12-19)16-35-26-14-21(30)8-10-23(26)27(22)18(3)15-31/h5-12,14,17H,13,16H2,1-4H3/b27-18+/i4D3. The number of nitrogens with zero attached hydrogens (tertiary/aromatic N) is 3. The van der Waals surface area contributed by atoms with Crippen molar-refractivity contribution in [2.24, 2.45) is 0 Å². The van der Waals surface area contributed by atoms with Crippen molar-refractivity contribution in [3.63, 3.8) is 0 Å². The van der Waals surface area contributed by atoms with Gasteiger partial charge in [0.1, 0.15) is 18.2 Å². The molecule has 0 radical (unpaired) electrons. The molecule has 0 atom stereocenters. The number of ether oxygens (including phenoxy) is 2. The van der Waals surface area contributed by atoms with E-state index in [4.69, 9.17) is 18.6 Å². The first-order valence-corrected chi connectivity index (χ1v) is 11.4. The summed E-state index contributed by atoms with van der Waals surface area (Å²) < 4.78 is 49.6. The Labute approximate surface area is 208 Å². The Balaban J connectivity index is 1.60. The van der Waals surface area contributed by atoms with Gasteiger partial charge in [-0.05, 0) is 53.8 Å². The average molecular weight is 471 g/mol. The lowest BCUT2D eigenvalue weighted by Gasteiger charge is -2.13. The van der Waals surface area contributed by atoms with Gasteiger partial charge in [0, 0.05) is 35.4 Å². The zero-order valence-electron chi connectivity index (χ0n) is 22.7. The summed E-state index contributed by atoms with van der Waals surface area (Å²) in [6.45, 7) is 6.05. The van der Waals surface area contributed by atoms with Crippen molar-refractivity contribution in [3.05, 3.63) is 99.8 Å². The van der Waals surface area contributed by atoms with Crippen LogP contribution in [0.5, 0.6) is 11.5 Å². The summed E-state index contributed by atoms with van der Waals surface area (Å²) in [7, 11) is -2.59. The van der Waals surface area contributed by atoms with Crippen LogP contribution in [0.1, 0.15) is 64.4 Å². The van der Waals surface area contributed by atoms with E-state index in [1.165, 1.54) is 12.1 Å². The van der Waals surface area contributed by atoms with Crippen LogP contribution >= 0.6 is 0 Å². The molecule has 4 aromatic rings. The van der Waals surface area contributed by atoms with E-state index in [2.05, 4.69) is 6.07 Å². The van der Waals surface area contributed by atoms with Crippen LogP contribution < -0.4 is 9.47 Å². The number of hydrogen-bond donors (Lipinski definition) is 0. The molecule has 0 saturated carbocycles. The van der Waals surface area contributed by atoms with E-state index in [-0.39, 0.29) is 18.3 Å². The minimum Gasteiger partial charge on any atom is -0.493 e. The zero-order chi connectivity index (χ0) is 27.2. The van der Waals surface area contributed by atoms with Crippen molar-refractivity contribution < 1.29 is 18.0 Å². The molecule has 2 aromatic carbocycles. The third-order valence-corrected chi connectivity index (χ3v) is 6.35. The summed E-state index contributed by atoms with van der Waals surface area (Å²) in [6.07, 6.45) is 2.38. The topological polar surface area (TPSA) is 59.5 Å². The number of hydrogen-bond acceptors (Lipinski definition) is 4. The van der Waals surface area contributed by atoms with Crippen molar-refractivity contribution in [2.45, 2.75) is 39.7 Å². The lowest BCUT2D eigenvalue weighted by molar-refractivity contribution is 0.305. The summed E-state index contributed by atoms with van der Waals surface area (Å²) in [5, 5.41) is 9.71. The van der Waals surface area contributed by atoms with Crippen molar-refractivity contribution in [1.82, 2.24) is 9.38 Å². The number of aromatic nitrogens is 2. The molecule has 176 valence electrons. The fraction of sp³-hybridized carbons (Fsp3) is 0.241. The SMILES string of the molecule is [2H]C([2H])([2H])Oc1cccn2c(Cc3ccc4c(c3)COc3cc(F)ccc3/C4=C(\C)C#N)c(C(C)C)nc12. The second-order valence-electron chi connectivity index (χ2n) is 8.98. The molecule has 0 N–H and O–H groups in total. The number of methoxy groups -OCH3 is 1. The van der Waals surface area contributed by atoms with Crippen LogP contribution in [-0.4, -0.2) is 16.4 Å². The smallest absolute Gasteiger partial charge is 0.180 e. The molecule has 0 bridgehead atoms. The van der Waals surface area contributed by atoms with Crippen LogP contribution in [0.25, 0.3) is 11.2 Å². The average Bonchev–Trinajstić information content (AvgIpc) is 3.15. The number of pyridine rings is 1. The Morgan fingerprint density at radius 2 is 2.09 bits per heavy atom. The second kappa shape index (κ2) is 8.92. The molecule has 35 heavy (non-hydrogen) atoms. The summed E-state index contributed by atoms with van der Waals surface area (Å²) in [6, 6.07) is 16.0.